The van der Waals surface area contributed by atoms with Gasteiger partial charge in [0.05, 0.1) is 66.6 Å². The number of carbonyl (C=O) groups is 2. The summed E-state index contributed by atoms with van der Waals surface area (Å²) >= 11 is 5.47. The van der Waals surface area contributed by atoms with Crippen molar-refractivity contribution < 1.29 is 38.0 Å². The number of ether oxygens (including phenoxy) is 6. The van der Waals surface area contributed by atoms with Gasteiger partial charge in [0.25, 0.3) is 0 Å². The number of morpholine rings is 2. The van der Waals surface area contributed by atoms with Gasteiger partial charge in [-0.25, -0.2) is 19.6 Å². The highest BCUT2D eigenvalue weighted by atomic mass is 127. The van der Waals surface area contributed by atoms with Gasteiger partial charge in [0.1, 0.15) is 37.0 Å². The average Bonchev–Trinajstić information content (AvgIpc) is 4.09. The van der Waals surface area contributed by atoms with Crippen LogP contribution in [0.15, 0.2) is 41.9 Å². The van der Waals surface area contributed by atoms with Crippen molar-refractivity contribution in [2.45, 2.75) is 104 Å². The molecule has 4 aromatic heterocycles. The maximum Gasteiger partial charge on any atom is 0.410 e. The van der Waals surface area contributed by atoms with Gasteiger partial charge in [-0.3, -0.25) is 0 Å². The van der Waals surface area contributed by atoms with Gasteiger partial charge in [-0.1, -0.05) is 12.1 Å². The van der Waals surface area contributed by atoms with Crippen LogP contribution in [0.25, 0.3) is 31.0 Å². The summed E-state index contributed by atoms with van der Waals surface area (Å²) in [5.41, 5.74) is 6.06. The number of hydrogen-bond acceptors (Lipinski definition) is 20. The van der Waals surface area contributed by atoms with Crippen LogP contribution in [0.2, 0.25) is 0 Å². The molecule has 0 saturated carbocycles. The number of aryl methyl sites for hydroxylation is 2. The predicted molar refractivity (Wildman–Crippen MR) is 313 cm³/mol. The number of carbonyl (C=O) groups excluding carboxylic acids is 2. The van der Waals surface area contributed by atoms with Crippen molar-refractivity contribution in [1.29, 1.82) is 0 Å². The minimum Gasteiger partial charge on any atom is -0.480 e. The lowest BCUT2D eigenvalue weighted by atomic mass is 10.1. The molecule has 77 heavy (non-hydrogen) atoms. The molecule has 8 heterocycles. The molecule has 4 aliphatic heterocycles. The van der Waals surface area contributed by atoms with E-state index in [4.69, 9.17) is 48.4 Å². The summed E-state index contributed by atoms with van der Waals surface area (Å²) in [4.78, 5) is 61.2. The van der Waals surface area contributed by atoms with Gasteiger partial charge < -0.3 is 58.7 Å². The van der Waals surface area contributed by atoms with Crippen LogP contribution in [0.3, 0.4) is 0 Å². The first-order valence-electron chi connectivity index (χ1n) is 26.2. The zero-order valence-electron chi connectivity index (χ0n) is 45.9. The molecule has 0 aliphatic carbocycles. The summed E-state index contributed by atoms with van der Waals surface area (Å²) in [6, 6.07) is 12.7. The number of anilines is 4. The lowest BCUT2D eigenvalue weighted by Crippen LogP contribution is -2.47. The van der Waals surface area contributed by atoms with Gasteiger partial charge in [-0.15, -0.1) is 22.7 Å². The molecular weight excluding hydrogens is 1140 g/mol. The predicted octanol–water partition coefficient (Wildman–Crippen LogP) is 10.1. The lowest BCUT2D eigenvalue weighted by Gasteiger charge is -2.35. The van der Waals surface area contributed by atoms with Crippen LogP contribution in [0.4, 0.5) is 33.1 Å². The third kappa shape index (κ3) is 15.8. The summed E-state index contributed by atoms with van der Waals surface area (Å²) in [7, 11) is 3.24. The number of hydrogen-bond donors (Lipinski definition) is 2. The maximum absolute atomic E-state index is 12.8. The van der Waals surface area contributed by atoms with Crippen molar-refractivity contribution in [2.75, 3.05) is 113 Å². The molecule has 2 atom stereocenters. The molecule has 2 amide bonds. The van der Waals surface area contributed by atoms with Gasteiger partial charge in [0.2, 0.25) is 23.7 Å². The number of nitrogens with zero attached hydrogens (tertiary/aromatic N) is 10. The smallest absolute Gasteiger partial charge is 0.410 e. The Balaban J connectivity index is 0.000000176. The standard InChI is InChI=1S/C27H36N6O4S.C19H30IN5O4.C8H7NS/c1-17-8-9-20-19(15-17)29-24(38-20)21-22(30-25(31-23(21)35-5)32-11-13-36-14-12-32)28-18-7-6-10-33(16-18)26(34)37-27(2,3)4;1-19(2,3)29-18(26)25-7-5-6-13(12-25)21-15-14(20)16(27-4)23-17(22-15)24-8-10-28-11-9-24;1-6-2-3-8-7(4-6)9-5-10-8/h8-9,15,18H,6-7,10-14,16H2,1-5H3,(H,28,30,31);13H,5-12H2,1-4H3,(H,21,22,23);2-5H,1H3/t18-;13-;/m11./s1. The van der Waals surface area contributed by atoms with E-state index in [9.17, 15) is 9.59 Å². The topological polar surface area (TPSA) is 204 Å². The molecule has 4 saturated heterocycles. The quantitative estimate of drug-likeness (QED) is 0.129. The first-order chi connectivity index (χ1) is 36.8. The zero-order valence-corrected chi connectivity index (χ0v) is 49.7. The molecule has 0 radical (unpaired) electrons. The Hall–Kier alpha value is -5.63. The number of piperidine rings is 2. The van der Waals surface area contributed by atoms with Gasteiger partial charge in [-0.2, -0.15) is 19.9 Å². The highest BCUT2D eigenvalue weighted by Gasteiger charge is 2.32. The Labute approximate surface area is 473 Å². The molecule has 6 aromatic rings. The third-order valence-electron chi connectivity index (χ3n) is 12.7. The second-order valence-corrected chi connectivity index (χ2v) is 24.3. The summed E-state index contributed by atoms with van der Waals surface area (Å²) in [5.74, 6) is 3.63. The van der Waals surface area contributed by atoms with E-state index < -0.39 is 11.2 Å². The van der Waals surface area contributed by atoms with Crippen LogP contribution in [-0.2, 0) is 18.9 Å². The van der Waals surface area contributed by atoms with Crippen molar-refractivity contribution >= 4 is 101 Å². The zero-order chi connectivity index (χ0) is 54.9. The van der Waals surface area contributed by atoms with Crippen LogP contribution in [0, 0.1) is 17.4 Å². The Bertz CT molecular complexity index is 2960. The third-order valence-corrected chi connectivity index (χ3v) is 15.6. The van der Waals surface area contributed by atoms with Gasteiger partial charge in [-0.05, 0) is 139 Å². The van der Waals surface area contributed by atoms with Crippen molar-refractivity contribution in [3.05, 3.63) is 56.6 Å². The number of halogens is 1. The first kappa shape index (κ1) is 57.5. The number of benzene rings is 2. The average molecular weight is 1210 g/mol. The van der Waals surface area contributed by atoms with Crippen LogP contribution < -0.4 is 29.9 Å². The Morgan fingerprint density at radius 3 is 1.68 bits per heavy atom. The van der Waals surface area contributed by atoms with E-state index in [0.29, 0.717) is 95.2 Å². The summed E-state index contributed by atoms with van der Waals surface area (Å²) in [6.45, 7) is 23.4. The molecule has 4 fully saturated rings. The largest absolute Gasteiger partial charge is 0.480 e. The van der Waals surface area contributed by atoms with Crippen molar-refractivity contribution in [1.82, 2.24) is 39.7 Å². The maximum atomic E-state index is 12.8. The lowest BCUT2D eigenvalue weighted by molar-refractivity contribution is 0.0196. The van der Waals surface area contributed by atoms with E-state index in [1.807, 2.05) is 47.1 Å². The van der Waals surface area contributed by atoms with Crippen LogP contribution in [0.5, 0.6) is 11.8 Å². The van der Waals surface area contributed by atoms with Crippen LogP contribution in [0.1, 0.15) is 78.4 Å². The first-order valence-corrected chi connectivity index (χ1v) is 29.0. The van der Waals surface area contributed by atoms with Crippen molar-refractivity contribution in [2.24, 2.45) is 0 Å². The fourth-order valence-electron chi connectivity index (χ4n) is 9.00. The number of aromatic nitrogens is 6. The Morgan fingerprint density at radius 2 is 1.14 bits per heavy atom. The summed E-state index contributed by atoms with van der Waals surface area (Å²) in [6.07, 6.45) is 3.07. The molecule has 4 aliphatic rings. The van der Waals surface area contributed by atoms with Crippen LogP contribution in [-0.4, -0.2) is 168 Å². The number of thiazole rings is 2. The second kappa shape index (κ2) is 25.9. The molecule has 2 N–H and O–H groups in total. The van der Waals surface area contributed by atoms with E-state index in [1.54, 1.807) is 46.7 Å². The van der Waals surface area contributed by atoms with Crippen LogP contribution >= 0.6 is 45.3 Å². The Kier molecular flexibility index (Phi) is 19.3. The van der Waals surface area contributed by atoms with E-state index in [2.05, 4.69) is 103 Å². The van der Waals surface area contributed by atoms with E-state index in [-0.39, 0.29) is 24.3 Å². The molecule has 0 unspecified atom stereocenters. The molecule has 416 valence electrons. The molecular formula is C54H73IN12O8S2. The number of likely N-dealkylation sites (tertiary alicyclic amines) is 2. The van der Waals surface area contributed by atoms with Crippen molar-refractivity contribution in [3.8, 4) is 22.3 Å². The fraction of sp³-hybridized carbons (Fsp3) is 0.556. The second-order valence-electron chi connectivity index (χ2n) is 21.3. The van der Waals surface area contributed by atoms with E-state index >= 15 is 0 Å². The molecule has 0 bridgehead atoms. The molecule has 23 heteroatoms. The minimum atomic E-state index is -0.539. The number of methoxy groups -OCH3 is 2. The molecule has 2 aromatic carbocycles. The van der Waals surface area contributed by atoms with Crippen molar-refractivity contribution in [3.63, 3.8) is 0 Å². The van der Waals surface area contributed by atoms with Gasteiger partial charge in [0.15, 0.2) is 0 Å². The van der Waals surface area contributed by atoms with Gasteiger partial charge in [0, 0.05) is 64.4 Å². The van der Waals surface area contributed by atoms with E-state index in [1.165, 1.54) is 10.3 Å². The molecule has 0 spiro atoms. The Morgan fingerprint density at radius 1 is 0.649 bits per heavy atom. The highest BCUT2D eigenvalue weighted by molar-refractivity contribution is 14.1. The number of nitrogens with one attached hydrogen (secondary N) is 2. The SMILES string of the molecule is COc1nc(N2CCOCC2)nc(N[C@@H]2CCCN(C(=O)OC(C)(C)C)C2)c1-c1nc2cc(C)ccc2s1.COc1nc(N2CCOCC2)nc(N[C@@H]2CCCN(C(=O)OC(C)(C)C)C2)c1I.Cc1ccc2scnc2c1. The number of rotatable bonds is 9. The number of fused-ring (bicyclic) bond motifs is 2. The minimum absolute atomic E-state index is 0.0104. The van der Waals surface area contributed by atoms with E-state index in [0.717, 1.165) is 80.0 Å². The van der Waals surface area contributed by atoms with Gasteiger partial charge >= 0.3 is 12.2 Å². The fourth-order valence-corrected chi connectivity index (χ4v) is 11.3. The normalized spacial score (nSPS) is 18.2. The number of amides is 2. The monoisotopic (exact) mass is 1210 g/mol. The summed E-state index contributed by atoms with van der Waals surface area (Å²) in [5, 5.41) is 7.93. The molecule has 10 rings (SSSR count). The highest BCUT2D eigenvalue weighted by Crippen LogP contribution is 2.41. The molecule has 20 nitrogen and oxygen atoms in total. The summed E-state index contributed by atoms with van der Waals surface area (Å²) < 4.78 is 36.6.